The fraction of sp³-hybridized carbons (Fsp3) is 0.200. The predicted octanol–water partition coefficient (Wildman–Crippen LogP) is 1.79. The molecular formula is C5H7Cl2NSi. The second kappa shape index (κ2) is 3.30. The van der Waals surface area contributed by atoms with Crippen LogP contribution in [0.2, 0.25) is 0 Å². The number of rotatable bonds is 2. The minimum absolute atomic E-state index is 0.829. The molecule has 4 heteroatoms. The lowest BCUT2D eigenvalue weighted by Gasteiger charge is -1.93. The Morgan fingerprint density at radius 3 is 2.78 bits per heavy atom. The van der Waals surface area contributed by atoms with Crippen LogP contribution in [0.25, 0.3) is 0 Å². The van der Waals surface area contributed by atoms with Crippen LogP contribution in [-0.4, -0.2) is 12.4 Å². The van der Waals surface area contributed by atoms with Crippen molar-refractivity contribution in [2.24, 2.45) is 0 Å². The highest BCUT2D eigenvalue weighted by molar-refractivity contribution is 7.33. The van der Waals surface area contributed by atoms with E-state index in [0.717, 1.165) is 11.7 Å². The minimum Gasteiger partial charge on any atom is -0.365 e. The maximum atomic E-state index is 5.65. The van der Waals surface area contributed by atoms with Crippen molar-refractivity contribution in [2.45, 2.75) is 6.04 Å². The van der Waals surface area contributed by atoms with Crippen LogP contribution in [0.3, 0.4) is 0 Å². The Morgan fingerprint density at radius 2 is 2.33 bits per heavy atom. The van der Waals surface area contributed by atoms with Crippen molar-refractivity contribution in [1.29, 1.82) is 0 Å². The minimum atomic E-state index is -1.45. The van der Waals surface area contributed by atoms with Crippen LogP contribution in [0, 0.1) is 0 Å². The van der Waals surface area contributed by atoms with E-state index in [-0.39, 0.29) is 0 Å². The molecule has 1 aromatic rings. The molecule has 0 fully saturated rings. The van der Waals surface area contributed by atoms with Gasteiger partial charge in [0, 0.05) is 17.9 Å². The normalized spacial score (nSPS) is 10.6. The van der Waals surface area contributed by atoms with Crippen molar-refractivity contribution in [1.82, 2.24) is 4.98 Å². The average Bonchev–Trinajstić information content (AvgIpc) is 2.15. The van der Waals surface area contributed by atoms with E-state index in [9.17, 15) is 0 Å². The summed E-state index contributed by atoms with van der Waals surface area (Å²) in [7, 11) is -1.45. The summed E-state index contributed by atoms with van der Waals surface area (Å²) in [5, 5.41) is 0. The highest BCUT2D eigenvalue weighted by Crippen LogP contribution is 2.04. The zero-order valence-electron chi connectivity index (χ0n) is 4.77. The molecule has 0 aromatic carbocycles. The van der Waals surface area contributed by atoms with Gasteiger partial charge in [0.25, 0.3) is 0 Å². The van der Waals surface area contributed by atoms with Gasteiger partial charge in [-0.2, -0.15) is 0 Å². The molecular weight excluding hydrogens is 173 g/mol. The largest absolute Gasteiger partial charge is 0.365 e. The Bertz CT molecular complexity index is 161. The maximum Gasteiger partial charge on any atom is 0.242 e. The first-order valence-corrected chi connectivity index (χ1v) is 7.00. The van der Waals surface area contributed by atoms with Gasteiger partial charge in [0.05, 0.1) is 0 Å². The van der Waals surface area contributed by atoms with E-state index >= 15 is 0 Å². The van der Waals surface area contributed by atoms with E-state index in [1.807, 2.05) is 18.3 Å². The molecule has 0 radical (unpaired) electrons. The fourth-order valence-electron chi connectivity index (χ4n) is 0.661. The summed E-state index contributed by atoms with van der Waals surface area (Å²) < 4.78 is 0. The summed E-state index contributed by atoms with van der Waals surface area (Å²) >= 11 is 11.3. The molecule has 0 aliphatic carbocycles. The molecule has 1 nitrogen and oxygen atoms in total. The van der Waals surface area contributed by atoms with Gasteiger partial charge in [-0.25, -0.2) is 0 Å². The molecule has 1 rings (SSSR count). The van der Waals surface area contributed by atoms with Gasteiger partial charge in [0.1, 0.15) is 0 Å². The second-order valence-corrected chi connectivity index (χ2v) is 6.81. The Kier molecular flexibility index (Phi) is 2.63. The zero-order valence-corrected chi connectivity index (χ0v) is 7.44. The monoisotopic (exact) mass is 179 g/mol. The summed E-state index contributed by atoms with van der Waals surface area (Å²) in [5.41, 5.74) is 1.14. The van der Waals surface area contributed by atoms with Gasteiger partial charge in [-0.05, 0) is 12.1 Å². The lowest BCUT2D eigenvalue weighted by Crippen LogP contribution is -1.98. The summed E-state index contributed by atoms with van der Waals surface area (Å²) in [6, 6.07) is 4.76. The average molecular weight is 180 g/mol. The van der Waals surface area contributed by atoms with Gasteiger partial charge in [-0.15, -0.1) is 22.2 Å². The Labute approximate surface area is 65.0 Å². The SMILES string of the molecule is Cl[SiH](Cl)Cc1ccc[nH]1. The number of aromatic amines is 1. The second-order valence-electron chi connectivity index (χ2n) is 1.79. The van der Waals surface area contributed by atoms with Crippen LogP contribution in [0.1, 0.15) is 5.69 Å². The molecule has 1 N–H and O–H groups in total. The van der Waals surface area contributed by atoms with E-state index in [2.05, 4.69) is 4.98 Å². The zero-order chi connectivity index (χ0) is 6.69. The molecule has 0 atom stereocenters. The summed E-state index contributed by atoms with van der Waals surface area (Å²) in [6.07, 6.45) is 1.87. The Hall–Kier alpha value is 0.0769. The lowest BCUT2D eigenvalue weighted by molar-refractivity contribution is 1.22. The van der Waals surface area contributed by atoms with Crippen LogP contribution >= 0.6 is 22.2 Å². The van der Waals surface area contributed by atoms with Crippen LogP contribution < -0.4 is 0 Å². The quantitative estimate of drug-likeness (QED) is 0.527. The highest BCUT2D eigenvalue weighted by Gasteiger charge is 2.02. The van der Waals surface area contributed by atoms with Crippen molar-refractivity contribution in [3.8, 4) is 0 Å². The van der Waals surface area contributed by atoms with Crippen molar-refractivity contribution < 1.29 is 0 Å². The molecule has 9 heavy (non-hydrogen) atoms. The predicted molar refractivity (Wildman–Crippen MR) is 43.4 cm³/mol. The van der Waals surface area contributed by atoms with Gasteiger partial charge in [0.15, 0.2) is 0 Å². The third-order valence-electron chi connectivity index (χ3n) is 1.04. The van der Waals surface area contributed by atoms with Crippen molar-refractivity contribution in [3.05, 3.63) is 24.0 Å². The van der Waals surface area contributed by atoms with E-state index in [1.54, 1.807) is 0 Å². The van der Waals surface area contributed by atoms with E-state index in [0.29, 0.717) is 0 Å². The first kappa shape index (κ1) is 7.19. The molecule has 0 saturated carbocycles. The molecule has 0 bridgehead atoms. The number of aromatic nitrogens is 1. The van der Waals surface area contributed by atoms with E-state index in [1.165, 1.54) is 0 Å². The van der Waals surface area contributed by atoms with Gasteiger partial charge >= 0.3 is 0 Å². The number of H-pyrrole nitrogens is 1. The Morgan fingerprint density at radius 1 is 1.56 bits per heavy atom. The molecule has 1 aromatic heterocycles. The molecule has 0 aliphatic rings. The fourth-order valence-corrected chi connectivity index (χ4v) is 2.24. The topological polar surface area (TPSA) is 15.8 Å². The standard InChI is InChI=1S/C5H7Cl2NSi/c6-9(7)4-5-2-1-3-8-5/h1-3,8-9H,4H2. The van der Waals surface area contributed by atoms with Gasteiger partial charge in [0.2, 0.25) is 7.42 Å². The first-order chi connectivity index (χ1) is 4.29. The van der Waals surface area contributed by atoms with Crippen LogP contribution in [0.15, 0.2) is 18.3 Å². The van der Waals surface area contributed by atoms with Crippen LogP contribution in [0.4, 0.5) is 0 Å². The Balaban J connectivity index is 2.48. The number of hydrogen-bond donors (Lipinski definition) is 1. The van der Waals surface area contributed by atoms with E-state index < -0.39 is 7.42 Å². The third-order valence-corrected chi connectivity index (χ3v) is 2.71. The van der Waals surface area contributed by atoms with Gasteiger partial charge < -0.3 is 4.98 Å². The molecule has 0 unspecified atom stereocenters. The highest BCUT2D eigenvalue weighted by atomic mass is 35.7. The van der Waals surface area contributed by atoms with Crippen molar-refractivity contribution >= 4 is 29.6 Å². The molecule has 0 aliphatic heterocycles. The summed E-state index contributed by atoms with van der Waals surface area (Å²) in [4.78, 5) is 3.03. The lowest BCUT2D eigenvalue weighted by atomic mass is 10.5. The van der Waals surface area contributed by atoms with Crippen molar-refractivity contribution in [2.75, 3.05) is 0 Å². The third kappa shape index (κ3) is 2.43. The summed E-state index contributed by atoms with van der Waals surface area (Å²) in [6.45, 7) is 0. The molecule has 50 valence electrons. The first-order valence-electron chi connectivity index (χ1n) is 2.69. The van der Waals surface area contributed by atoms with Crippen LogP contribution in [-0.2, 0) is 6.04 Å². The van der Waals surface area contributed by atoms with Gasteiger partial charge in [-0.3, -0.25) is 0 Å². The number of nitrogens with one attached hydrogen (secondary N) is 1. The smallest absolute Gasteiger partial charge is 0.242 e. The van der Waals surface area contributed by atoms with Crippen LogP contribution in [0.5, 0.6) is 0 Å². The van der Waals surface area contributed by atoms with E-state index in [4.69, 9.17) is 22.2 Å². The molecule has 0 spiro atoms. The van der Waals surface area contributed by atoms with Crippen molar-refractivity contribution in [3.63, 3.8) is 0 Å². The number of hydrogen-bond acceptors (Lipinski definition) is 0. The number of halogens is 2. The molecule has 0 amide bonds. The maximum absolute atomic E-state index is 5.65. The van der Waals surface area contributed by atoms with Gasteiger partial charge in [-0.1, -0.05) is 0 Å². The summed E-state index contributed by atoms with van der Waals surface area (Å²) in [5.74, 6) is 0. The molecule has 1 heterocycles. The molecule has 0 saturated heterocycles.